The van der Waals surface area contributed by atoms with Crippen LogP contribution >= 0.6 is 38.9 Å². The number of carbonyl (C=O) groups is 1. The van der Waals surface area contributed by atoms with Gasteiger partial charge in [0.1, 0.15) is 0 Å². The van der Waals surface area contributed by atoms with Gasteiger partial charge < -0.3 is 5.32 Å². The molecule has 0 saturated heterocycles. The second kappa shape index (κ2) is 5.75. The summed E-state index contributed by atoms with van der Waals surface area (Å²) in [5, 5.41) is 4.40. The fraction of sp³-hybridized carbons (Fsp3) is 0.0667. The average molecular weight is 382 g/mol. The molecule has 0 spiro atoms. The minimum atomic E-state index is -0.196. The first kappa shape index (κ1) is 14.5. The number of amides is 1. The smallest absolute Gasteiger partial charge is 0.255 e. The zero-order valence-corrected chi connectivity index (χ0v) is 14.1. The highest BCUT2D eigenvalue weighted by molar-refractivity contribution is 9.10. The van der Waals surface area contributed by atoms with E-state index in [1.165, 1.54) is 0 Å². The number of halogens is 2. The van der Waals surface area contributed by atoms with Gasteiger partial charge >= 0.3 is 0 Å². The predicted octanol–water partition coefficient (Wildman–Crippen LogP) is 5.27. The van der Waals surface area contributed by atoms with Crippen LogP contribution in [-0.4, -0.2) is 10.9 Å². The molecule has 21 heavy (non-hydrogen) atoms. The molecule has 2 aromatic carbocycles. The van der Waals surface area contributed by atoms with Crippen LogP contribution in [0.15, 0.2) is 40.9 Å². The third-order valence-electron chi connectivity index (χ3n) is 2.88. The standard InChI is InChI=1S/C15H10BrClN2OS/c1-8-18-13-3-2-12(7-14(13)21-8)19-15(20)9-4-10(16)6-11(17)5-9/h2-7H,1H3,(H,19,20). The predicted molar refractivity (Wildman–Crippen MR) is 91.5 cm³/mol. The molecule has 0 aliphatic carbocycles. The number of rotatable bonds is 2. The van der Waals surface area contributed by atoms with Crippen LogP contribution in [0.3, 0.4) is 0 Å². The highest BCUT2D eigenvalue weighted by Gasteiger charge is 2.09. The Hall–Kier alpha value is -1.43. The number of carbonyl (C=O) groups excluding carboxylic acids is 1. The van der Waals surface area contributed by atoms with Crippen molar-refractivity contribution in [2.45, 2.75) is 6.92 Å². The molecule has 0 aliphatic heterocycles. The van der Waals surface area contributed by atoms with Crippen molar-refractivity contribution in [3.05, 3.63) is 56.5 Å². The van der Waals surface area contributed by atoms with Crippen LogP contribution in [0.1, 0.15) is 15.4 Å². The van der Waals surface area contributed by atoms with E-state index in [0.29, 0.717) is 10.6 Å². The maximum Gasteiger partial charge on any atom is 0.255 e. The molecule has 1 aromatic heterocycles. The molecule has 0 saturated carbocycles. The number of aryl methyl sites for hydroxylation is 1. The molecule has 106 valence electrons. The van der Waals surface area contributed by atoms with Crippen molar-refractivity contribution in [3.63, 3.8) is 0 Å². The first-order valence-electron chi connectivity index (χ1n) is 6.16. The van der Waals surface area contributed by atoms with Gasteiger partial charge in [0.2, 0.25) is 0 Å². The Balaban J connectivity index is 1.88. The van der Waals surface area contributed by atoms with Gasteiger partial charge in [0, 0.05) is 20.7 Å². The summed E-state index contributed by atoms with van der Waals surface area (Å²) >= 11 is 10.9. The molecule has 1 N–H and O–H groups in total. The summed E-state index contributed by atoms with van der Waals surface area (Å²) in [6, 6.07) is 10.8. The minimum absolute atomic E-state index is 0.196. The SMILES string of the molecule is Cc1nc2ccc(NC(=O)c3cc(Cl)cc(Br)c3)cc2s1. The molecule has 0 bridgehead atoms. The van der Waals surface area contributed by atoms with E-state index in [1.807, 2.05) is 25.1 Å². The molecule has 1 heterocycles. The summed E-state index contributed by atoms with van der Waals surface area (Å²) in [4.78, 5) is 16.7. The van der Waals surface area contributed by atoms with Crippen LogP contribution in [0.25, 0.3) is 10.2 Å². The van der Waals surface area contributed by atoms with E-state index in [1.54, 1.807) is 29.5 Å². The fourth-order valence-corrected chi connectivity index (χ4v) is 3.73. The molecular weight excluding hydrogens is 372 g/mol. The quantitative estimate of drug-likeness (QED) is 0.657. The van der Waals surface area contributed by atoms with E-state index in [4.69, 9.17) is 11.6 Å². The first-order valence-corrected chi connectivity index (χ1v) is 8.15. The van der Waals surface area contributed by atoms with Gasteiger partial charge in [0.25, 0.3) is 5.91 Å². The Morgan fingerprint density at radius 1 is 1.29 bits per heavy atom. The summed E-state index contributed by atoms with van der Waals surface area (Å²) < 4.78 is 1.83. The fourth-order valence-electron chi connectivity index (χ4n) is 2.01. The first-order chi connectivity index (χ1) is 10.0. The summed E-state index contributed by atoms with van der Waals surface area (Å²) in [6.07, 6.45) is 0. The zero-order valence-electron chi connectivity index (χ0n) is 11.0. The Labute approximate surface area is 139 Å². The molecule has 0 radical (unpaired) electrons. The molecule has 0 fully saturated rings. The Kier molecular flexibility index (Phi) is 3.97. The van der Waals surface area contributed by atoms with Gasteiger partial charge in [0.05, 0.1) is 15.2 Å². The molecule has 3 rings (SSSR count). The van der Waals surface area contributed by atoms with Gasteiger partial charge in [-0.05, 0) is 43.3 Å². The van der Waals surface area contributed by atoms with E-state index in [0.717, 1.165) is 25.4 Å². The molecule has 1 amide bonds. The third kappa shape index (κ3) is 3.26. The third-order valence-corrected chi connectivity index (χ3v) is 4.49. The Morgan fingerprint density at radius 2 is 2.10 bits per heavy atom. The number of aromatic nitrogens is 1. The average Bonchev–Trinajstić information content (AvgIpc) is 2.77. The molecule has 3 nitrogen and oxygen atoms in total. The lowest BCUT2D eigenvalue weighted by atomic mass is 10.2. The number of nitrogens with zero attached hydrogens (tertiary/aromatic N) is 1. The second-order valence-electron chi connectivity index (χ2n) is 4.53. The van der Waals surface area contributed by atoms with Crippen molar-refractivity contribution in [1.82, 2.24) is 4.98 Å². The monoisotopic (exact) mass is 380 g/mol. The Morgan fingerprint density at radius 3 is 2.86 bits per heavy atom. The van der Waals surface area contributed by atoms with Gasteiger partial charge in [-0.1, -0.05) is 27.5 Å². The maximum absolute atomic E-state index is 12.3. The zero-order chi connectivity index (χ0) is 15.0. The molecule has 6 heteroatoms. The summed E-state index contributed by atoms with van der Waals surface area (Å²) in [5.41, 5.74) is 2.20. The molecule has 3 aromatic rings. The van der Waals surface area contributed by atoms with Crippen molar-refractivity contribution in [2.75, 3.05) is 5.32 Å². The van der Waals surface area contributed by atoms with Crippen molar-refractivity contribution in [1.29, 1.82) is 0 Å². The Bertz CT molecular complexity index is 827. The van der Waals surface area contributed by atoms with Crippen molar-refractivity contribution in [3.8, 4) is 0 Å². The van der Waals surface area contributed by atoms with E-state index in [-0.39, 0.29) is 5.91 Å². The summed E-state index contributed by atoms with van der Waals surface area (Å²) in [6.45, 7) is 1.96. The molecule has 0 aliphatic rings. The number of thiazole rings is 1. The van der Waals surface area contributed by atoms with Crippen LogP contribution in [0.4, 0.5) is 5.69 Å². The van der Waals surface area contributed by atoms with E-state index < -0.39 is 0 Å². The van der Waals surface area contributed by atoms with Gasteiger partial charge in [-0.3, -0.25) is 4.79 Å². The van der Waals surface area contributed by atoms with Gasteiger partial charge in [-0.2, -0.15) is 0 Å². The number of anilines is 1. The lowest BCUT2D eigenvalue weighted by molar-refractivity contribution is 0.102. The number of fused-ring (bicyclic) bond motifs is 1. The van der Waals surface area contributed by atoms with Gasteiger partial charge in [0.15, 0.2) is 0 Å². The number of nitrogens with one attached hydrogen (secondary N) is 1. The molecule has 0 atom stereocenters. The number of hydrogen-bond acceptors (Lipinski definition) is 3. The van der Waals surface area contributed by atoms with Crippen LogP contribution < -0.4 is 5.32 Å². The second-order valence-corrected chi connectivity index (χ2v) is 7.11. The van der Waals surface area contributed by atoms with Crippen molar-refractivity contribution >= 4 is 60.7 Å². The van der Waals surface area contributed by atoms with E-state index in [2.05, 4.69) is 26.2 Å². The summed E-state index contributed by atoms with van der Waals surface area (Å²) in [5.74, 6) is -0.196. The highest BCUT2D eigenvalue weighted by Crippen LogP contribution is 2.25. The van der Waals surface area contributed by atoms with Crippen LogP contribution in [0.5, 0.6) is 0 Å². The van der Waals surface area contributed by atoms with Gasteiger partial charge in [-0.15, -0.1) is 11.3 Å². The maximum atomic E-state index is 12.3. The summed E-state index contributed by atoms with van der Waals surface area (Å²) in [7, 11) is 0. The van der Waals surface area contributed by atoms with Crippen LogP contribution in [-0.2, 0) is 0 Å². The van der Waals surface area contributed by atoms with Gasteiger partial charge in [-0.25, -0.2) is 4.98 Å². The highest BCUT2D eigenvalue weighted by atomic mass is 79.9. The van der Waals surface area contributed by atoms with E-state index >= 15 is 0 Å². The lowest BCUT2D eigenvalue weighted by Crippen LogP contribution is -2.11. The number of hydrogen-bond donors (Lipinski definition) is 1. The normalized spacial score (nSPS) is 10.8. The van der Waals surface area contributed by atoms with E-state index in [9.17, 15) is 4.79 Å². The molecular formula is C15H10BrClN2OS. The minimum Gasteiger partial charge on any atom is -0.322 e. The van der Waals surface area contributed by atoms with Crippen molar-refractivity contribution in [2.24, 2.45) is 0 Å². The largest absolute Gasteiger partial charge is 0.322 e. The topological polar surface area (TPSA) is 42.0 Å². The van der Waals surface area contributed by atoms with Crippen LogP contribution in [0.2, 0.25) is 5.02 Å². The lowest BCUT2D eigenvalue weighted by Gasteiger charge is -2.06. The van der Waals surface area contributed by atoms with Crippen LogP contribution in [0, 0.1) is 6.92 Å². The molecule has 0 unspecified atom stereocenters. The van der Waals surface area contributed by atoms with Crippen molar-refractivity contribution < 1.29 is 4.79 Å². The number of benzene rings is 2.